The number of carbonyl (C=O) groups is 1. The number of thiophene rings is 1. The summed E-state index contributed by atoms with van der Waals surface area (Å²) in [5, 5.41) is 1.49. The minimum atomic E-state index is -3.50. The Labute approximate surface area is 117 Å². The minimum Gasteiger partial charge on any atom is -0.365 e. The summed E-state index contributed by atoms with van der Waals surface area (Å²) in [5.41, 5.74) is 5.16. The van der Waals surface area contributed by atoms with Crippen LogP contribution in [0.3, 0.4) is 0 Å². The molecule has 106 valence electrons. The third kappa shape index (κ3) is 2.98. The Morgan fingerprint density at radius 2 is 1.95 bits per heavy atom. The molecule has 0 aromatic carbocycles. The van der Waals surface area contributed by atoms with Gasteiger partial charge in [-0.3, -0.25) is 4.79 Å². The van der Waals surface area contributed by atoms with Crippen LogP contribution in [0.5, 0.6) is 0 Å². The van der Waals surface area contributed by atoms with Crippen molar-refractivity contribution in [3.63, 3.8) is 0 Å². The van der Waals surface area contributed by atoms with Crippen molar-refractivity contribution in [3.8, 4) is 0 Å². The second kappa shape index (κ2) is 5.22. The molecule has 2 N–H and O–H groups in total. The van der Waals surface area contributed by atoms with Crippen molar-refractivity contribution in [1.29, 1.82) is 0 Å². The summed E-state index contributed by atoms with van der Waals surface area (Å²) >= 11 is 1.07. The highest BCUT2D eigenvalue weighted by atomic mass is 32.2. The van der Waals surface area contributed by atoms with Crippen LogP contribution < -0.4 is 5.73 Å². The van der Waals surface area contributed by atoms with E-state index >= 15 is 0 Å². The average Bonchev–Trinajstić information content (AvgIpc) is 2.77. The molecule has 0 aliphatic carbocycles. The zero-order valence-corrected chi connectivity index (χ0v) is 12.6. The molecule has 1 aliphatic heterocycles. The fourth-order valence-corrected chi connectivity index (χ4v) is 5.33. The van der Waals surface area contributed by atoms with E-state index in [4.69, 9.17) is 5.73 Å². The summed E-state index contributed by atoms with van der Waals surface area (Å²) in [4.78, 5) is 11.5. The molecule has 0 saturated carbocycles. The minimum absolute atomic E-state index is 0.174. The molecule has 1 amide bonds. The summed E-state index contributed by atoms with van der Waals surface area (Å²) in [6.45, 7) is 5.18. The molecule has 1 aliphatic rings. The highest BCUT2D eigenvalue weighted by molar-refractivity contribution is 7.89. The molecule has 2 heterocycles. The molecular weight excluding hydrogens is 284 g/mol. The molecule has 1 aromatic heterocycles. The smallest absolute Gasteiger partial charge is 0.258 e. The number of carbonyl (C=O) groups excluding carboxylic acids is 1. The van der Waals surface area contributed by atoms with E-state index in [0.717, 1.165) is 17.8 Å². The van der Waals surface area contributed by atoms with Crippen molar-refractivity contribution in [1.82, 2.24) is 4.31 Å². The van der Waals surface area contributed by atoms with Crippen molar-refractivity contribution < 1.29 is 13.2 Å². The molecule has 2 atom stereocenters. The summed E-state index contributed by atoms with van der Waals surface area (Å²) < 4.78 is 26.5. The Bertz CT molecular complexity index is 570. The van der Waals surface area contributed by atoms with Crippen LogP contribution in [0.25, 0.3) is 0 Å². The Hall–Kier alpha value is -0.920. The maximum Gasteiger partial charge on any atom is 0.258 e. The van der Waals surface area contributed by atoms with E-state index in [-0.39, 0.29) is 9.77 Å². The van der Waals surface area contributed by atoms with Gasteiger partial charge in [-0.05, 0) is 24.3 Å². The van der Waals surface area contributed by atoms with Crippen LogP contribution in [0, 0.1) is 11.8 Å². The first-order chi connectivity index (χ1) is 8.80. The normalized spacial score (nSPS) is 25.4. The van der Waals surface area contributed by atoms with Crippen molar-refractivity contribution in [2.45, 2.75) is 25.2 Å². The predicted octanol–water partition coefficient (Wildman–Crippen LogP) is 1.51. The van der Waals surface area contributed by atoms with E-state index in [1.807, 2.05) is 0 Å². The summed E-state index contributed by atoms with van der Waals surface area (Å²) in [6, 6.07) is 1.37. The third-order valence-electron chi connectivity index (χ3n) is 3.29. The van der Waals surface area contributed by atoms with Crippen molar-refractivity contribution >= 4 is 27.3 Å². The quantitative estimate of drug-likeness (QED) is 0.919. The number of sulfonamides is 1. The number of amides is 1. The van der Waals surface area contributed by atoms with E-state index < -0.39 is 15.9 Å². The zero-order chi connectivity index (χ0) is 14.2. The van der Waals surface area contributed by atoms with E-state index in [0.29, 0.717) is 24.9 Å². The Balaban J connectivity index is 2.28. The predicted molar refractivity (Wildman–Crippen MR) is 74.5 cm³/mol. The summed E-state index contributed by atoms with van der Waals surface area (Å²) in [5.74, 6) is 0.118. The van der Waals surface area contributed by atoms with Crippen LogP contribution in [0.15, 0.2) is 16.3 Å². The van der Waals surface area contributed by atoms with Crippen LogP contribution in [0.2, 0.25) is 0 Å². The topological polar surface area (TPSA) is 80.5 Å². The lowest BCUT2D eigenvalue weighted by Gasteiger charge is -2.33. The molecule has 2 rings (SSSR count). The molecule has 1 saturated heterocycles. The van der Waals surface area contributed by atoms with E-state index in [1.165, 1.54) is 15.8 Å². The van der Waals surface area contributed by atoms with Gasteiger partial charge in [-0.15, -0.1) is 11.3 Å². The third-order valence-corrected chi connectivity index (χ3v) is 6.19. The van der Waals surface area contributed by atoms with Gasteiger partial charge in [0.15, 0.2) is 0 Å². The van der Waals surface area contributed by atoms with Crippen LogP contribution in [-0.4, -0.2) is 31.7 Å². The molecular formula is C12H18N2O3S2. The van der Waals surface area contributed by atoms with E-state index in [2.05, 4.69) is 13.8 Å². The molecule has 0 unspecified atom stereocenters. The molecule has 1 aromatic rings. The Morgan fingerprint density at radius 3 is 2.42 bits per heavy atom. The monoisotopic (exact) mass is 302 g/mol. The molecule has 7 heteroatoms. The van der Waals surface area contributed by atoms with Crippen LogP contribution >= 0.6 is 11.3 Å². The van der Waals surface area contributed by atoms with Crippen molar-refractivity contribution in [2.24, 2.45) is 17.6 Å². The molecule has 0 bridgehead atoms. The average molecular weight is 302 g/mol. The number of primary amides is 1. The lowest BCUT2D eigenvalue weighted by molar-refractivity contribution is 0.100. The number of hydrogen-bond donors (Lipinski definition) is 1. The van der Waals surface area contributed by atoms with Crippen LogP contribution in [-0.2, 0) is 10.0 Å². The highest BCUT2D eigenvalue weighted by Gasteiger charge is 2.32. The summed E-state index contributed by atoms with van der Waals surface area (Å²) in [7, 11) is -3.50. The fraction of sp³-hybridized carbons (Fsp3) is 0.583. The second-order valence-electron chi connectivity index (χ2n) is 5.28. The first kappa shape index (κ1) is 14.5. The van der Waals surface area contributed by atoms with E-state index in [1.54, 1.807) is 0 Å². The first-order valence-electron chi connectivity index (χ1n) is 6.19. The van der Waals surface area contributed by atoms with Gasteiger partial charge in [-0.1, -0.05) is 13.8 Å². The van der Waals surface area contributed by atoms with Gasteiger partial charge in [-0.2, -0.15) is 4.31 Å². The van der Waals surface area contributed by atoms with Crippen LogP contribution in [0.4, 0.5) is 0 Å². The maximum atomic E-state index is 12.5. The van der Waals surface area contributed by atoms with Gasteiger partial charge in [0.2, 0.25) is 10.0 Å². The van der Waals surface area contributed by atoms with Gasteiger partial charge in [-0.25, -0.2) is 8.42 Å². The molecule has 0 radical (unpaired) electrons. The fourth-order valence-electron chi connectivity index (χ4n) is 2.53. The van der Waals surface area contributed by atoms with E-state index in [9.17, 15) is 13.2 Å². The molecule has 0 spiro atoms. The van der Waals surface area contributed by atoms with Crippen LogP contribution in [0.1, 0.15) is 29.9 Å². The summed E-state index contributed by atoms with van der Waals surface area (Å²) in [6.07, 6.45) is 1.04. The number of nitrogens with two attached hydrogens (primary N) is 1. The molecule has 1 fully saturated rings. The SMILES string of the molecule is C[C@@H]1C[C@H](C)CN(S(=O)(=O)c2csc(C(N)=O)c2)C1. The lowest BCUT2D eigenvalue weighted by atomic mass is 9.94. The second-order valence-corrected chi connectivity index (χ2v) is 8.13. The maximum absolute atomic E-state index is 12.5. The number of nitrogens with zero attached hydrogens (tertiary/aromatic N) is 1. The molecule has 19 heavy (non-hydrogen) atoms. The zero-order valence-electron chi connectivity index (χ0n) is 11.0. The largest absolute Gasteiger partial charge is 0.365 e. The van der Waals surface area contributed by atoms with Gasteiger partial charge in [0.05, 0.1) is 9.77 Å². The van der Waals surface area contributed by atoms with Gasteiger partial charge >= 0.3 is 0 Å². The van der Waals surface area contributed by atoms with Crippen molar-refractivity contribution in [2.75, 3.05) is 13.1 Å². The standard InChI is InChI=1S/C12H18N2O3S2/c1-8-3-9(2)6-14(5-8)19(16,17)10-4-11(12(13)15)18-7-10/h4,7-9H,3,5-6H2,1-2H3,(H2,13,15)/t8-,9+. The van der Waals surface area contributed by atoms with Gasteiger partial charge < -0.3 is 5.73 Å². The Kier molecular flexibility index (Phi) is 3.98. The first-order valence-corrected chi connectivity index (χ1v) is 8.51. The Morgan fingerprint density at radius 1 is 1.37 bits per heavy atom. The molecule has 5 nitrogen and oxygen atoms in total. The highest BCUT2D eigenvalue weighted by Crippen LogP contribution is 2.28. The lowest BCUT2D eigenvalue weighted by Crippen LogP contribution is -2.42. The van der Waals surface area contributed by atoms with Gasteiger partial charge in [0, 0.05) is 18.5 Å². The number of rotatable bonds is 3. The number of piperidine rings is 1. The van der Waals surface area contributed by atoms with Gasteiger partial charge in [0.25, 0.3) is 5.91 Å². The van der Waals surface area contributed by atoms with Crippen molar-refractivity contribution in [3.05, 3.63) is 16.3 Å². The number of hydrogen-bond acceptors (Lipinski definition) is 4. The van der Waals surface area contributed by atoms with Gasteiger partial charge in [0.1, 0.15) is 0 Å².